The summed E-state index contributed by atoms with van der Waals surface area (Å²) in [5.74, 6) is -0.211. The Morgan fingerprint density at radius 1 is 1.33 bits per heavy atom. The smallest absolute Gasteiger partial charge is 0.234 e. The minimum absolute atomic E-state index is 0.00517. The Bertz CT molecular complexity index is 481. The molecule has 1 unspecified atom stereocenters. The third-order valence-electron chi connectivity index (χ3n) is 2.47. The third kappa shape index (κ3) is 4.25. The van der Waals surface area contributed by atoms with E-state index in [2.05, 4.69) is 16.7 Å². The molecule has 18 heavy (non-hydrogen) atoms. The molecule has 92 valence electrons. The highest BCUT2D eigenvalue weighted by molar-refractivity contribution is 5.78. The lowest BCUT2D eigenvalue weighted by molar-refractivity contribution is -0.120. The van der Waals surface area contributed by atoms with Gasteiger partial charge in [0.15, 0.2) is 0 Å². The van der Waals surface area contributed by atoms with Crippen LogP contribution in [0.1, 0.15) is 24.1 Å². The summed E-state index contributed by atoms with van der Waals surface area (Å²) < 4.78 is 0. The van der Waals surface area contributed by atoms with Crippen molar-refractivity contribution in [1.29, 1.82) is 10.5 Å². The van der Waals surface area contributed by atoms with Gasteiger partial charge in [0.05, 0.1) is 24.2 Å². The van der Waals surface area contributed by atoms with Crippen molar-refractivity contribution in [2.24, 2.45) is 0 Å². The molecule has 1 amide bonds. The standard InChI is InChI=1S/C13H14N4O/c1-10(17-9-13(18)16-7-6-14)12-4-2-11(8-15)3-5-12/h2-5,10,17H,7,9H2,1H3,(H,16,18). The highest BCUT2D eigenvalue weighted by Crippen LogP contribution is 2.12. The normalized spacial score (nSPS) is 11.1. The topological polar surface area (TPSA) is 88.7 Å². The average Bonchev–Trinajstić information content (AvgIpc) is 2.42. The van der Waals surface area contributed by atoms with Gasteiger partial charge in [-0.1, -0.05) is 12.1 Å². The van der Waals surface area contributed by atoms with Crippen LogP contribution in [0.5, 0.6) is 0 Å². The lowest BCUT2D eigenvalue weighted by Gasteiger charge is -2.13. The predicted molar refractivity (Wildman–Crippen MR) is 66.2 cm³/mol. The van der Waals surface area contributed by atoms with E-state index in [-0.39, 0.29) is 25.0 Å². The van der Waals surface area contributed by atoms with Crippen molar-refractivity contribution in [3.8, 4) is 12.1 Å². The summed E-state index contributed by atoms with van der Waals surface area (Å²) in [6.07, 6.45) is 0. The van der Waals surface area contributed by atoms with Gasteiger partial charge in [-0.15, -0.1) is 0 Å². The summed E-state index contributed by atoms with van der Waals surface area (Å²) in [5.41, 5.74) is 1.61. The van der Waals surface area contributed by atoms with Gasteiger partial charge in [-0.05, 0) is 24.6 Å². The number of carbonyl (C=O) groups excluding carboxylic acids is 1. The molecule has 1 aromatic rings. The van der Waals surface area contributed by atoms with Crippen LogP contribution >= 0.6 is 0 Å². The molecule has 0 aliphatic heterocycles. The van der Waals surface area contributed by atoms with Gasteiger partial charge in [0, 0.05) is 6.04 Å². The molecule has 5 nitrogen and oxygen atoms in total. The SMILES string of the molecule is CC(NCC(=O)NCC#N)c1ccc(C#N)cc1. The maximum atomic E-state index is 11.3. The summed E-state index contributed by atoms with van der Waals surface area (Å²) in [5, 5.41) is 22.5. The lowest BCUT2D eigenvalue weighted by atomic mass is 10.1. The van der Waals surface area contributed by atoms with Crippen molar-refractivity contribution in [3.63, 3.8) is 0 Å². The molecule has 0 saturated heterocycles. The fourth-order valence-corrected chi connectivity index (χ4v) is 1.41. The molecular formula is C13H14N4O. The average molecular weight is 242 g/mol. The van der Waals surface area contributed by atoms with E-state index < -0.39 is 0 Å². The maximum absolute atomic E-state index is 11.3. The van der Waals surface area contributed by atoms with Crippen LogP contribution in [0.3, 0.4) is 0 Å². The van der Waals surface area contributed by atoms with E-state index in [0.717, 1.165) is 5.56 Å². The van der Waals surface area contributed by atoms with Crippen molar-refractivity contribution >= 4 is 5.91 Å². The molecule has 0 heterocycles. The number of hydrogen-bond donors (Lipinski definition) is 2. The lowest BCUT2D eigenvalue weighted by Crippen LogP contribution is -2.35. The first-order valence-corrected chi connectivity index (χ1v) is 5.54. The molecule has 0 aliphatic rings. The molecule has 0 saturated carbocycles. The number of carbonyl (C=O) groups is 1. The minimum atomic E-state index is -0.211. The number of nitriles is 2. The fraction of sp³-hybridized carbons (Fsp3) is 0.308. The molecule has 0 spiro atoms. The largest absolute Gasteiger partial charge is 0.342 e. The Kier molecular flexibility index (Phi) is 5.37. The zero-order chi connectivity index (χ0) is 13.4. The molecule has 0 fully saturated rings. The van der Waals surface area contributed by atoms with E-state index >= 15 is 0 Å². The fourth-order valence-electron chi connectivity index (χ4n) is 1.41. The van der Waals surface area contributed by atoms with Crippen LogP contribution in [-0.2, 0) is 4.79 Å². The zero-order valence-corrected chi connectivity index (χ0v) is 10.1. The molecule has 0 radical (unpaired) electrons. The first kappa shape index (κ1) is 13.7. The number of nitrogens with zero attached hydrogens (tertiary/aromatic N) is 2. The highest BCUT2D eigenvalue weighted by Gasteiger charge is 2.07. The second kappa shape index (κ2) is 7.05. The predicted octanol–water partition coefficient (Wildman–Crippen LogP) is 0.849. The molecule has 0 aromatic heterocycles. The van der Waals surface area contributed by atoms with E-state index in [9.17, 15) is 4.79 Å². The Morgan fingerprint density at radius 3 is 2.56 bits per heavy atom. The van der Waals surface area contributed by atoms with Crippen LogP contribution in [0.4, 0.5) is 0 Å². The summed E-state index contributed by atoms with van der Waals surface area (Å²) >= 11 is 0. The van der Waals surface area contributed by atoms with Crippen LogP contribution < -0.4 is 10.6 Å². The second-order valence-electron chi connectivity index (χ2n) is 3.77. The maximum Gasteiger partial charge on any atom is 0.234 e. The third-order valence-corrected chi connectivity index (χ3v) is 2.47. The van der Waals surface area contributed by atoms with Gasteiger partial charge in [0.25, 0.3) is 0 Å². The highest BCUT2D eigenvalue weighted by atomic mass is 16.1. The Hall–Kier alpha value is -2.37. The van der Waals surface area contributed by atoms with Gasteiger partial charge in [-0.2, -0.15) is 10.5 Å². The van der Waals surface area contributed by atoms with Crippen molar-refractivity contribution in [2.45, 2.75) is 13.0 Å². The number of nitrogens with one attached hydrogen (secondary N) is 2. The first-order valence-electron chi connectivity index (χ1n) is 5.54. The first-order chi connectivity index (χ1) is 8.67. The Labute approximate surface area is 106 Å². The van der Waals surface area contributed by atoms with E-state index in [1.54, 1.807) is 12.1 Å². The number of rotatable bonds is 5. The van der Waals surface area contributed by atoms with Gasteiger partial charge in [0.1, 0.15) is 6.54 Å². The van der Waals surface area contributed by atoms with Gasteiger partial charge < -0.3 is 10.6 Å². The van der Waals surface area contributed by atoms with Crippen LogP contribution in [0.25, 0.3) is 0 Å². The minimum Gasteiger partial charge on any atom is -0.342 e. The molecule has 1 rings (SSSR count). The van der Waals surface area contributed by atoms with E-state index in [1.807, 2.05) is 25.1 Å². The molecule has 0 aliphatic carbocycles. The Morgan fingerprint density at radius 2 is 2.00 bits per heavy atom. The summed E-state index contributed by atoms with van der Waals surface area (Å²) in [6.45, 7) is 2.10. The van der Waals surface area contributed by atoms with E-state index in [1.165, 1.54) is 0 Å². The zero-order valence-electron chi connectivity index (χ0n) is 10.1. The molecule has 5 heteroatoms. The number of hydrogen-bond acceptors (Lipinski definition) is 4. The van der Waals surface area contributed by atoms with Gasteiger partial charge in [-0.3, -0.25) is 4.79 Å². The summed E-state index contributed by atoms with van der Waals surface area (Å²) in [4.78, 5) is 11.3. The van der Waals surface area contributed by atoms with Gasteiger partial charge in [0.2, 0.25) is 5.91 Å². The number of amides is 1. The van der Waals surface area contributed by atoms with Gasteiger partial charge >= 0.3 is 0 Å². The molecular weight excluding hydrogens is 228 g/mol. The van der Waals surface area contributed by atoms with Crippen LogP contribution in [-0.4, -0.2) is 19.0 Å². The molecule has 0 bridgehead atoms. The van der Waals surface area contributed by atoms with E-state index in [0.29, 0.717) is 5.56 Å². The summed E-state index contributed by atoms with van der Waals surface area (Å²) in [6, 6.07) is 11.1. The number of benzene rings is 1. The Balaban J connectivity index is 2.45. The summed E-state index contributed by atoms with van der Waals surface area (Å²) in [7, 11) is 0. The van der Waals surface area contributed by atoms with Gasteiger partial charge in [-0.25, -0.2) is 0 Å². The molecule has 1 aromatic carbocycles. The van der Waals surface area contributed by atoms with Crippen molar-refractivity contribution in [1.82, 2.24) is 10.6 Å². The van der Waals surface area contributed by atoms with Crippen LogP contribution in [0.15, 0.2) is 24.3 Å². The van der Waals surface area contributed by atoms with Crippen LogP contribution in [0, 0.1) is 22.7 Å². The van der Waals surface area contributed by atoms with E-state index in [4.69, 9.17) is 10.5 Å². The molecule has 2 N–H and O–H groups in total. The molecule has 1 atom stereocenters. The quantitative estimate of drug-likeness (QED) is 0.749. The van der Waals surface area contributed by atoms with Crippen LogP contribution in [0.2, 0.25) is 0 Å². The monoisotopic (exact) mass is 242 g/mol. The van der Waals surface area contributed by atoms with Crippen molar-refractivity contribution < 1.29 is 4.79 Å². The van der Waals surface area contributed by atoms with Crippen molar-refractivity contribution in [3.05, 3.63) is 35.4 Å². The van der Waals surface area contributed by atoms with Crippen molar-refractivity contribution in [2.75, 3.05) is 13.1 Å². The second-order valence-corrected chi connectivity index (χ2v) is 3.77.